The zero-order valence-corrected chi connectivity index (χ0v) is 17.3. The van der Waals surface area contributed by atoms with Crippen LogP contribution >= 0.6 is 0 Å². The number of hydrogen-bond acceptors (Lipinski definition) is 3. The molecule has 1 aliphatic rings. The molecule has 1 amide bonds. The van der Waals surface area contributed by atoms with Crippen molar-refractivity contribution in [2.24, 2.45) is 0 Å². The van der Waals surface area contributed by atoms with E-state index in [0.29, 0.717) is 18.5 Å². The Balaban J connectivity index is 1.58. The van der Waals surface area contributed by atoms with E-state index in [2.05, 4.69) is 17.4 Å². The highest BCUT2D eigenvalue weighted by molar-refractivity contribution is 7.92. The predicted molar refractivity (Wildman–Crippen MR) is 113 cm³/mol. The van der Waals surface area contributed by atoms with Crippen molar-refractivity contribution in [1.82, 2.24) is 5.32 Å². The lowest BCUT2D eigenvalue weighted by Gasteiger charge is -2.27. The zero-order chi connectivity index (χ0) is 20.1. The number of fused-ring (bicyclic) bond motifs is 1. The molecule has 5 nitrogen and oxygen atoms in total. The van der Waals surface area contributed by atoms with Gasteiger partial charge in [-0.15, -0.1) is 0 Å². The second-order valence-electron chi connectivity index (χ2n) is 7.49. The van der Waals surface area contributed by atoms with Gasteiger partial charge >= 0.3 is 0 Å². The number of anilines is 1. The molecule has 6 heteroatoms. The summed E-state index contributed by atoms with van der Waals surface area (Å²) in [6.45, 7) is 2.22. The molecule has 0 aliphatic heterocycles. The average molecular weight is 401 g/mol. The molecule has 0 saturated heterocycles. The Morgan fingerprint density at radius 3 is 2.71 bits per heavy atom. The van der Waals surface area contributed by atoms with Gasteiger partial charge in [0.1, 0.15) is 0 Å². The Morgan fingerprint density at radius 2 is 1.96 bits per heavy atom. The summed E-state index contributed by atoms with van der Waals surface area (Å²) in [5.41, 5.74) is 4.16. The fourth-order valence-corrected chi connectivity index (χ4v) is 4.78. The number of nitrogens with one attached hydrogen (secondary N) is 1. The van der Waals surface area contributed by atoms with Crippen LogP contribution in [0.3, 0.4) is 0 Å². The molecule has 0 radical (unpaired) electrons. The van der Waals surface area contributed by atoms with E-state index in [1.165, 1.54) is 21.7 Å². The standard InChI is InChI=1S/C22H28N2O3S/c1-17-8-5-11-19(16-17)24(28(2,26)27)15-7-14-22(25)23-21-13-6-10-18-9-3-4-12-20(18)21/h3-5,8-9,11-12,16,21H,6-7,10,13-15H2,1-2H3,(H,23,25)/t21-/m0/s1. The summed E-state index contributed by atoms with van der Waals surface area (Å²) in [7, 11) is -3.40. The number of carbonyl (C=O) groups excluding carboxylic acids is 1. The van der Waals surface area contributed by atoms with Crippen LogP contribution in [0.2, 0.25) is 0 Å². The largest absolute Gasteiger partial charge is 0.349 e. The van der Waals surface area contributed by atoms with E-state index in [4.69, 9.17) is 0 Å². The maximum Gasteiger partial charge on any atom is 0.232 e. The van der Waals surface area contributed by atoms with E-state index in [9.17, 15) is 13.2 Å². The first-order chi connectivity index (χ1) is 13.3. The fourth-order valence-electron chi connectivity index (χ4n) is 3.82. The van der Waals surface area contributed by atoms with Crippen LogP contribution in [0.15, 0.2) is 48.5 Å². The third kappa shape index (κ3) is 5.13. The highest BCUT2D eigenvalue weighted by atomic mass is 32.2. The Labute approximate surface area is 167 Å². The molecular weight excluding hydrogens is 372 g/mol. The molecular formula is C22H28N2O3S. The molecule has 3 rings (SSSR count). The topological polar surface area (TPSA) is 66.5 Å². The van der Waals surface area contributed by atoms with Crippen LogP contribution in [0.1, 0.15) is 48.4 Å². The van der Waals surface area contributed by atoms with Gasteiger partial charge in [-0.1, -0.05) is 36.4 Å². The molecule has 28 heavy (non-hydrogen) atoms. The van der Waals surface area contributed by atoms with Crippen LogP contribution in [0.25, 0.3) is 0 Å². The van der Waals surface area contributed by atoms with Crippen LogP contribution < -0.4 is 9.62 Å². The summed E-state index contributed by atoms with van der Waals surface area (Å²) >= 11 is 0. The summed E-state index contributed by atoms with van der Waals surface area (Å²) in [6, 6.07) is 15.7. The van der Waals surface area contributed by atoms with Crippen molar-refractivity contribution in [2.75, 3.05) is 17.1 Å². The molecule has 0 unspecified atom stereocenters. The first kappa shape index (κ1) is 20.4. The molecule has 0 aromatic heterocycles. The van der Waals surface area contributed by atoms with Gasteiger partial charge in [0.15, 0.2) is 0 Å². The van der Waals surface area contributed by atoms with E-state index in [1.54, 1.807) is 6.07 Å². The van der Waals surface area contributed by atoms with Crippen LogP contribution in [-0.4, -0.2) is 27.1 Å². The summed E-state index contributed by atoms with van der Waals surface area (Å²) in [6.07, 6.45) is 5.05. The van der Waals surface area contributed by atoms with Gasteiger partial charge in [-0.05, 0) is 61.4 Å². The first-order valence-corrected chi connectivity index (χ1v) is 11.6. The number of carbonyl (C=O) groups is 1. The third-order valence-electron chi connectivity index (χ3n) is 5.16. The Morgan fingerprint density at radius 1 is 1.18 bits per heavy atom. The van der Waals surface area contributed by atoms with Crippen LogP contribution in [0.4, 0.5) is 5.69 Å². The van der Waals surface area contributed by atoms with Crippen molar-refractivity contribution < 1.29 is 13.2 Å². The number of aryl methyl sites for hydroxylation is 2. The van der Waals surface area contributed by atoms with Gasteiger partial charge in [0.25, 0.3) is 0 Å². The molecule has 1 N–H and O–H groups in total. The molecule has 2 aromatic rings. The minimum Gasteiger partial charge on any atom is -0.349 e. The lowest BCUT2D eigenvalue weighted by molar-refractivity contribution is -0.122. The first-order valence-electron chi connectivity index (χ1n) is 9.76. The van der Waals surface area contributed by atoms with Crippen molar-refractivity contribution in [1.29, 1.82) is 0 Å². The minimum absolute atomic E-state index is 0.0283. The molecule has 0 spiro atoms. The normalized spacial score (nSPS) is 16.3. The number of rotatable bonds is 7. The summed E-state index contributed by atoms with van der Waals surface area (Å²) in [4.78, 5) is 12.5. The van der Waals surface area contributed by atoms with Gasteiger partial charge < -0.3 is 5.32 Å². The van der Waals surface area contributed by atoms with Crippen LogP contribution in [0, 0.1) is 6.92 Å². The van der Waals surface area contributed by atoms with Crippen molar-refractivity contribution in [3.05, 3.63) is 65.2 Å². The van der Waals surface area contributed by atoms with E-state index in [1.807, 2.05) is 37.3 Å². The summed E-state index contributed by atoms with van der Waals surface area (Å²) in [5.74, 6) is -0.0283. The summed E-state index contributed by atoms with van der Waals surface area (Å²) in [5, 5.41) is 3.13. The molecule has 1 atom stereocenters. The highest BCUT2D eigenvalue weighted by Gasteiger charge is 2.22. The highest BCUT2D eigenvalue weighted by Crippen LogP contribution is 2.29. The van der Waals surface area contributed by atoms with Gasteiger partial charge in [-0.3, -0.25) is 9.10 Å². The van der Waals surface area contributed by atoms with Crippen LogP contribution in [-0.2, 0) is 21.2 Å². The van der Waals surface area contributed by atoms with E-state index in [-0.39, 0.29) is 18.5 Å². The lowest BCUT2D eigenvalue weighted by Crippen LogP contribution is -2.33. The van der Waals surface area contributed by atoms with E-state index >= 15 is 0 Å². The van der Waals surface area contributed by atoms with Crippen LogP contribution in [0.5, 0.6) is 0 Å². The zero-order valence-electron chi connectivity index (χ0n) is 16.5. The fraction of sp³-hybridized carbons (Fsp3) is 0.409. The minimum atomic E-state index is -3.40. The number of amides is 1. The van der Waals surface area contributed by atoms with Crippen molar-refractivity contribution in [3.63, 3.8) is 0 Å². The predicted octanol–water partition coefficient (Wildman–Crippen LogP) is 3.74. The van der Waals surface area contributed by atoms with E-state index < -0.39 is 10.0 Å². The number of sulfonamides is 1. The number of hydrogen-bond donors (Lipinski definition) is 1. The Kier molecular flexibility index (Phi) is 6.39. The molecule has 0 bridgehead atoms. The SMILES string of the molecule is Cc1cccc(N(CCCC(=O)N[C@H]2CCCc3ccccc32)S(C)(=O)=O)c1. The van der Waals surface area contributed by atoms with Gasteiger partial charge in [-0.25, -0.2) is 8.42 Å². The van der Waals surface area contributed by atoms with Gasteiger partial charge in [-0.2, -0.15) is 0 Å². The smallest absolute Gasteiger partial charge is 0.232 e. The quantitative estimate of drug-likeness (QED) is 0.770. The maximum absolute atomic E-state index is 12.5. The Bertz CT molecular complexity index is 940. The lowest BCUT2D eigenvalue weighted by atomic mass is 9.87. The van der Waals surface area contributed by atoms with Gasteiger partial charge in [0, 0.05) is 13.0 Å². The molecule has 0 heterocycles. The molecule has 2 aromatic carbocycles. The van der Waals surface area contributed by atoms with E-state index in [0.717, 1.165) is 24.8 Å². The third-order valence-corrected chi connectivity index (χ3v) is 6.35. The molecule has 1 aliphatic carbocycles. The van der Waals surface area contributed by atoms with Crippen molar-refractivity contribution in [2.45, 2.75) is 45.1 Å². The second-order valence-corrected chi connectivity index (χ2v) is 9.40. The molecule has 0 saturated carbocycles. The monoisotopic (exact) mass is 400 g/mol. The van der Waals surface area contributed by atoms with Crippen molar-refractivity contribution >= 4 is 21.6 Å². The number of benzene rings is 2. The Hall–Kier alpha value is -2.34. The van der Waals surface area contributed by atoms with Crippen molar-refractivity contribution in [3.8, 4) is 0 Å². The second kappa shape index (κ2) is 8.78. The summed E-state index contributed by atoms with van der Waals surface area (Å²) < 4.78 is 25.8. The van der Waals surface area contributed by atoms with Gasteiger partial charge in [0.05, 0.1) is 18.0 Å². The maximum atomic E-state index is 12.5. The number of nitrogens with zero attached hydrogens (tertiary/aromatic N) is 1. The molecule has 150 valence electrons. The molecule has 0 fully saturated rings. The average Bonchev–Trinajstić information content (AvgIpc) is 2.64. The van der Waals surface area contributed by atoms with Gasteiger partial charge in [0.2, 0.25) is 15.9 Å².